The van der Waals surface area contributed by atoms with Crippen LogP contribution in [0.4, 0.5) is 0 Å². The van der Waals surface area contributed by atoms with Crippen LogP contribution in [0.1, 0.15) is 36.5 Å². The monoisotopic (exact) mass is 494 g/mol. The molecule has 11 heteroatoms. The maximum absolute atomic E-state index is 12.4. The summed E-state index contributed by atoms with van der Waals surface area (Å²) in [6, 6.07) is 12.4. The van der Waals surface area contributed by atoms with Gasteiger partial charge in [0.25, 0.3) is 0 Å². The van der Waals surface area contributed by atoms with Crippen LogP contribution in [-0.2, 0) is 28.4 Å². The van der Waals surface area contributed by atoms with Gasteiger partial charge >= 0.3 is 25.1 Å². The third-order valence-corrected chi connectivity index (χ3v) is 6.25. The van der Waals surface area contributed by atoms with Gasteiger partial charge in [-0.05, 0) is 44.5 Å². The molecule has 184 valence electrons. The Morgan fingerprint density at radius 2 is 1.71 bits per heavy atom. The van der Waals surface area contributed by atoms with Crippen LogP contribution in [0.25, 0.3) is 0 Å². The minimum Gasteiger partial charge on any atom is -0.490 e. The summed E-state index contributed by atoms with van der Waals surface area (Å²) < 4.78 is 37.7. The minimum absolute atomic E-state index is 0.0892. The van der Waals surface area contributed by atoms with E-state index >= 15 is 0 Å². The van der Waals surface area contributed by atoms with Crippen molar-refractivity contribution in [3.63, 3.8) is 0 Å². The van der Waals surface area contributed by atoms with Crippen molar-refractivity contribution in [2.24, 2.45) is 0 Å². The number of fused-ring (bicyclic) bond motifs is 1. The van der Waals surface area contributed by atoms with E-state index in [9.17, 15) is 23.9 Å². The molecule has 1 heterocycles. The summed E-state index contributed by atoms with van der Waals surface area (Å²) in [6.45, 7) is 4.13. The molecule has 0 spiro atoms. The summed E-state index contributed by atoms with van der Waals surface area (Å²) in [5, 5.41) is 0. The van der Waals surface area contributed by atoms with Crippen LogP contribution in [0.15, 0.2) is 42.5 Å². The quantitative estimate of drug-likeness (QED) is 0.158. The van der Waals surface area contributed by atoms with E-state index in [0.717, 1.165) is 16.7 Å². The second-order valence-corrected chi connectivity index (χ2v) is 9.12. The van der Waals surface area contributed by atoms with Crippen molar-refractivity contribution >= 4 is 19.5 Å². The normalized spacial score (nSPS) is 15.6. The second-order valence-electron chi connectivity index (χ2n) is 7.44. The van der Waals surface area contributed by atoms with Crippen molar-refractivity contribution in [2.75, 3.05) is 26.4 Å². The average molecular weight is 494 g/mol. The first kappa shape index (κ1) is 25.9. The number of carbonyl (C=O) groups excluding carboxylic acids is 2. The van der Waals surface area contributed by atoms with Crippen molar-refractivity contribution in [3.05, 3.63) is 59.2 Å². The van der Waals surface area contributed by atoms with Crippen molar-refractivity contribution < 1.29 is 47.6 Å². The SMILES string of the molecule is CCOC(OCC)(C(=O)OCCOc1ccc(C2C(=O)Oc3ccc(C)cc32)cc1)P(=O)(O)O. The molecule has 0 saturated heterocycles. The Morgan fingerprint density at radius 3 is 2.29 bits per heavy atom. The molecule has 1 aliphatic rings. The zero-order valence-electron chi connectivity index (χ0n) is 19.1. The Bertz CT molecular complexity index is 1070. The summed E-state index contributed by atoms with van der Waals surface area (Å²) >= 11 is 0. The average Bonchev–Trinajstić information content (AvgIpc) is 3.10. The minimum atomic E-state index is -5.15. The molecular formula is C23H27O10P. The molecule has 0 radical (unpaired) electrons. The van der Waals surface area contributed by atoms with Crippen LogP contribution in [-0.4, -0.2) is 53.7 Å². The van der Waals surface area contributed by atoms with Crippen LogP contribution >= 0.6 is 7.60 Å². The highest BCUT2D eigenvalue weighted by Crippen LogP contribution is 2.52. The third kappa shape index (κ3) is 5.32. The number of rotatable bonds is 11. The van der Waals surface area contributed by atoms with Gasteiger partial charge in [0, 0.05) is 18.8 Å². The van der Waals surface area contributed by atoms with E-state index in [0.29, 0.717) is 11.5 Å². The van der Waals surface area contributed by atoms with Crippen molar-refractivity contribution in [3.8, 4) is 11.5 Å². The lowest BCUT2D eigenvalue weighted by Gasteiger charge is -2.30. The van der Waals surface area contributed by atoms with Gasteiger partial charge in [-0.3, -0.25) is 9.36 Å². The lowest BCUT2D eigenvalue weighted by atomic mass is 9.92. The van der Waals surface area contributed by atoms with Gasteiger partial charge in [0.05, 0.1) is 0 Å². The van der Waals surface area contributed by atoms with Crippen molar-refractivity contribution in [2.45, 2.75) is 32.2 Å². The number of ether oxygens (including phenoxy) is 5. The van der Waals surface area contributed by atoms with Gasteiger partial charge in [-0.1, -0.05) is 29.8 Å². The summed E-state index contributed by atoms with van der Waals surface area (Å²) in [5.74, 6) is -1.21. The standard InChI is InChI=1S/C23H27O10P/c1-4-31-23(32-5-2,34(26,27)28)22(25)30-13-12-29-17-9-7-16(8-10-17)20-18-14-15(3)6-11-19(18)33-21(20)24/h6-11,14,20H,4-5,12-13H2,1-3H3,(H2,26,27,28). The maximum atomic E-state index is 12.4. The number of carbonyl (C=O) groups is 2. The van der Waals surface area contributed by atoms with Crippen LogP contribution < -0.4 is 9.47 Å². The molecule has 0 aliphatic carbocycles. The molecule has 0 fully saturated rings. The fourth-order valence-corrected chi connectivity index (χ4v) is 4.47. The predicted molar refractivity (Wildman–Crippen MR) is 120 cm³/mol. The van der Waals surface area contributed by atoms with E-state index in [1.807, 2.05) is 19.1 Å². The van der Waals surface area contributed by atoms with Gasteiger partial charge in [-0.2, -0.15) is 0 Å². The van der Waals surface area contributed by atoms with Gasteiger partial charge in [0.15, 0.2) is 0 Å². The number of benzene rings is 2. The Morgan fingerprint density at radius 1 is 1.06 bits per heavy atom. The number of hydrogen-bond acceptors (Lipinski definition) is 8. The molecule has 2 aromatic rings. The predicted octanol–water partition coefficient (Wildman–Crippen LogP) is 2.87. The molecule has 34 heavy (non-hydrogen) atoms. The van der Waals surface area contributed by atoms with E-state index in [2.05, 4.69) is 0 Å². The maximum Gasteiger partial charge on any atom is 0.397 e. The lowest BCUT2D eigenvalue weighted by molar-refractivity contribution is -0.216. The fourth-order valence-electron chi connectivity index (χ4n) is 3.58. The molecule has 10 nitrogen and oxygen atoms in total. The van der Waals surface area contributed by atoms with Gasteiger partial charge in [-0.15, -0.1) is 0 Å². The van der Waals surface area contributed by atoms with Crippen LogP contribution in [0, 0.1) is 6.92 Å². The Kier molecular flexibility index (Phi) is 8.12. The first-order valence-corrected chi connectivity index (χ1v) is 12.3. The summed E-state index contributed by atoms with van der Waals surface area (Å²) in [5.41, 5.74) is -0.244. The molecular weight excluding hydrogens is 467 g/mol. The molecule has 0 saturated carbocycles. The fraction of sp³-hybridized carbons (Fsp3) is 0.391. The first-order chi connectivity index (χ1) is 16.1. The third-order valence-electron chi connectivity index (χ3n) is 5.04. The van der Waals surface area contributed by atoms with Crippen LogP contribution in [0.2, 0.25) is 0 Å². The Labute approximate surface area is 196 Å². The summed E-state index contributed by atoms with van der Waals surface area (Å²) in [4.78, 5) is 44.0. The zero-order chi connectivity index (χ0) is 24.9. The lowest BCUT2D eigenvalue weighted by Crippen LogP contribution is -2.46. The summed E-state index contributed by atoms with van der Waals surface area (Å²) in [7, 11) is -5.15. The highest BCUT2D eigenvalue weighted by molar-refractivity contribution is 7.54. The molecule has 0 aromatic heterocycles. The molecule has 1 aliphatic heterocycles. The highest BCUT2D eigenvalue weighted by Gasteiger charge is 2.58. The van der Waals surface area contributed by atoms with E-state index in [4.69, 9.17) is 23.7 Å². The second kappa shape index (κ2) is 10.7. The molecule has 2 N–H and O–H groups in total. The Balaban J connectivity index is 1.59. The van der Waals surface area contributed by atoms with Gasteiger partial charge in [0.2, 0.25) is 0 Å². The topological polar surface area (TPSA) is 138 Å². The molecule has 0 bridgehead atoms. The molecule has 0 amide bonds. The van der Waals surface area contributed by atoms with Gasteiger partial charge in [-0.25, -0.2) is 4.79 Å². The zero-order valence-corrected chi connectivity index (χ0v) is 19.9. The molecule has 1 unspecified atom stereocenters. The van der Waals surface area contributed by atoms with Crippen molar-refractivity contribution in [1.82, 2.24) is 0 Å². The molecule has 1 atom stereocenters. The highest BCUT2D eigenvalue weighted by atomic mass is 31.2. The number of hydrogen-bond donors (Lipinski definition) is 2. The molecule has 3 rings (SSSR count). The number of aryl methyl sites for hydroxylation is 1. The van der Waals surface area contributed by atoms with Crippen LogP contribution in [0.5, 0.6) is 11.5 Å². The van der Waals surface area contributed by atoms with Gasteiger partial charge < -0.3 is 33.5 Å². The molecule has 2 aromatic carbocycles. The van der Waals surface area contributed by atoms with E-state index in [1.54, 1.807) is 30.3 Å². The van der Waals surface area contributed by atoms with E-state index < -0.39 is 25.0 Å². The van der Waals surface area contributed by atoms with E-state index in [-0.39, 0.29) is 32.4 Å². The summed E-state index contributed by atoms with van der Waals surface area (Å²) in [6.07, 6.45) is 0. The first-order valence-electron chi connectivity index (χ1n) is 10.7. The Hall–Kier alpha value is -2.75. The smallest absolute Gasteiger partial charge is 0.397 e. The largest absolute Gasteiger partial charge is 0.490 e. The van der Waals surface area contributed by atoms with Gasteiger partial charge in [0.1, 0.15) is 30.6 Å². The van der Waals surface area contributed by atoms with E-state index in [1.165, 1.54) is 13.8 Å². The number of esters is 2. The van der Waals surface area contributed by atoms with Crippen molar-refractivity contribution in [1.29, 1.82) is 0 Å². The van der Waals surface area contributed by atoms with Crippen LogP contribution in [0.3, 0.4) is 0 Å².